The summed E-state index contributed by atoms with van der Waals surface area (Å²) in [4.78, 5) is 0. The largest absolute Gasteiger partial charge is 0.393 e. The Kier molecular flexibility index (Phi) is 5.58. The molecule has 2 rings (SSSR count). The molecule has 0 radical (unpaired) electrons. The van der Waals surface area contributed by atoms with Crippen LogP contribution in [-0.4, -0.2) is 16.5 Å². The number of allylic oxidation sites excluding steroid dienone is 3. The Hall–Kier alpha value is -0.210. The van der Waals surface area contributed by atoms with Crippen LogP contribution in [0.4, 0.5) is 0 Å². The summed E-state index contributed by atoms with van der Waals surface area (Å²) in [6.45, 7) is 4.48. The summed E-state index contributed by atoms with van der Waals surface area (Å²) < 4.78 is 0. The Bertz CT molecular complexity index is 347. The van der Waals surface area contributed by atoms with Gasteiger partial charge in [0.15, 0.2) is 0 Å². The van der Waals surface area contributed by atoms with E-state index < -0.39 is 0 Å². The quantitative estimate of drug-likeness (QED) is 0.663. The van der Waals surface area contributed by atoms with Crippen LogP contribution in [0.25, 0.3) is 0 Å². The van der Waals surface area contributed by atoms with Gasteiger partial charge < -0.3 is 5.11 Å². The Morgan fingerprint density at radius 3 is 2.79 bits per heavy atom. The van der Waals surface area contributed by atoms with Gasteiger partial charge in [0, 0.05) is 5.25 Å². The molecule has 19 heavy (non-hydrogen) atoms. The van der Waals surface area contributed by atoms with Crippen molar-refractivity contribution in [2.24, 2.45) is 17.8 Å². The van der Waals surface area contributed by atoms with Gasteiger partial charge >= 0.3 is 0 Å². The van der Waals surface area contributed by atoms with E-state index in [1.54, 1.807) is 0 Å². The van der Waals surface area contributed by atoms with Crippen LogP contribution < -0.4 is 0 Å². The van der Waals surface area contributed by atoms with Gasteiger partial charge in [-0.15, -0.1) is 0 Å². The molecule has 108 valence electrons. The third kappa shape index (κ3) is 4.13. The number of aliphatic hydroxyl groups excluding tert-OH is 1. The van der Waals surface area contributed by atoms with Gasteiger partial charge in [0.05, 0.1) is 6.10 Å². The van der Waals surface area contributed by atoms with Crippen LogP contribution in [0.15, 0.2) is 23.8 Å². The van der Waals surface area contributed by atoms with Crippen LogP contribution in [0.2, 0.25) is 0 Å². The summed E-state index contributed by atoms with van der Waals surface area (Å²) in [7, 11) is 0. The average Bonchev–Trinajstić information content (AvgIpc) is 3.19. The van der Waals surface area contributed by atoms with Gasteiger partial charge in [0.25, 0.3) is 0 Å². The maximum Gasteiger partial charge on any atom is 0.0577 e. The zero-order valence-electron chi connectivity index (χ0n) is 12.3. The zero-order chi connectivity index (χ0) is 13.8. The molecule has 0 aromatic carbocycles. The van der Waals surface area contributed by atoms with E-state index in [1.165, 1.54) is 31.3 Å². The SMILES string of the molecule is CCCC(CC)CC(O)C1C[C@@H]1C1=CCC(S)C=C1. The Morgan fingerprint density at radius 2 is 2.21 bits per heavy atom. The molecule has 5 atom stereocenters. The minimum atomic E-state index is -0.0930. The topological polar surface area (TPSA) is 20.2 Å². The molecule has 2 aliphatic carbocycles. The van der Waals surface area contributed by atoms with E-state index >= 15 is 0 Å². The monoisotopic (exact) mass is 280 g/mol. The summed E-state index contributed by atoms with van der Waals surface area (Å²) in [5.74, 6) is 1.84. The third-order valence-corrected chi connectivity index (χ3v) is 5.10. The number of aliphatic hydroxyl groups is 1. The smallest absolute Gasteiger partial charge is 0.0577 e. The van der Waals surface area contributed by atoms with E-state index in [0.29, 0.717) is 23.0 Å². The highest BCUT2D eigenvalue weighted by Gasteiger charge is 2.44. The maximum absolute atomic E-state index is 10.4. The lowest BCUT2D eigenvalue weighted by molar-refractivity contribution is 0.113. The standard InChI is InChI=1S/C17H28OS/c1-3-5-12(4-2)10-17(18)16-11-15(16)13-6-8-14(19)9-7-13/h6-8,12,14-19H,3-5,9-11H2,1-2H3/t12?,14?,15-,16?,17?/m1/s1. The number of rotatable bonds is 7. The Morgan fingerprint density at radius 1 is 1.42 bits per heavy atom. The molecule has 0 aromatic heterocycles. The summed E-state index contributed by atoms with van der Waals surface area (Å²) in [6.07, 6.45) is 13.5. The lowest BCUT2D eigenvalue weighted by atomic mass is 9.91. The molecule has 0 aromatic rings. The first-order chi connectivity index (χ1) is 9.15. The molecule has 4 unspecified atom stereocenters. The van der Waals surface area contributed by atoms with Gasteiger partial charge in [-0.05, 0) is 42.6 Å². The highest BCUT2D eigenvalue weighted by molar-refractivity contribution is 7.81. The molecule has 0 amide bonds. The Labute approximate surface area is 123 Å². The van der Waals surface area contributed by atoms with Crippen LogP contribution in [0, 0.1) is 17.8 Å². The van der Waals surface area contributed by atoms with Gasteiger partial charge in [-0.3, -0.25) is 0 Å². The van der Waals surface area contributed by atoms with E-state index in [-0.39, 0.29) is 6.10 Å². The Balaban J connectivity index is 1.80. The van der Waals surface area contributed by atoms with Crippen molar-refractivity contribution in [3.8, 4) is 0 Å². The van der Waals surface area contributed by atoms with Crippen LogP contribution in [-0.2, 0) is 0 Å². The normalized spacial score (nSPS) is 32.8. The van der Waals surface area contributed by atoms with Crippen LogP contribution >= 0.6 is 12.6 Å². The molecule has 1 saturated carbocycles. The minimum absolute atomic E-state index is 0.0930. The third-order valence-electron chi connectivity index (χ3n) is 4.72. The molecular formula is C17H28OS. The molecule has 1 fully saturated rings. The number of hydrogen-bond donors (Lipinski definition) is 2. The molecule has 2 aliphatic rings. The van der Waals surface area contributed by atoms with Gasteiger partial charge in [-0.1, -0.05) is 51.3 Å². The molecule has 0 aliphatic heterocycles. The molecular weight excluding hydrogens is 252 g/mol. The first-order valence-corrected chi connectivity index (χ1v) is 8.41. The fraction of sp³-hybridized carbons (Fsp3) is 0.765. The fourth-order valence-electron chi connectivity index (χ4n) is 3.34. The van der Waals surface area contributed by atoms with Crippen molar-refractivity contribution in [2.45, 2.75) is 63.7 Å². The molecule has 1 N–H and O–H groups in total. The van der Waals surface area contributed by atoms with Gasteiger partial charge in [0.1, 0.15) is 0 Å². The van der Waals surface area contributed by atoms with Crippen molar-refractivity contribution in [3.63, 3.8) is 0 Å². The van der Waals surface area contributed by atoms with Crippen molar-refractivity contribution < 1.29 is 5.11 Å². The molecule has 0 bridgehead atoms. The maximum atomic E-state index is 10.4. The van der Waals surface area contributed by atoms with E-state index in [1.807, 2.05) is 0 Å². The first kappa shape index (κ1) is 15.2. The van der Waals surface area contributed by atoms with Crippen molar-refractivity contribution in [1.29, 1.82) is 0 Å². The highest BCUT2D eigenvalue weighted by atomic mass is 32.1. The number of thiol groups is 1. The fourth-order valence-corrected chi connectivity index (χ4v) is 3.53. The average molecular weight is 280 g/mol. The van der Waals surface area contributed by atoms with Crippen molar-refractivity contribution in [1.82, 2.24) is 0 Å². The van der Waals surface area contributed by atoms with E-state index in [2.05, 4.69) is 44.7 Å². The summed E-state index contributed by atoms with van der Waals surface area (Å²) in [5.41, 5.74) is 1.44. The van der Waals surface area contributed by atoms with E-state index in [9.17, 15) is 5.11 Å². The van der Waals surface area contributed by atoms with Crippen LogP contribution in [0.3, 0.4) is 0 Å². The first-order valence-electron chi connectivity index (χ1n) is 7.90. The summed E-state index contributed by atoms with van der Waals surface area (Å²) in [6, 6.07) is 0. The lowest BCUT2D eigenvalue weighted by Gasteiger charge is -2.19. The minimum Gasteiger partial charge on any atom is -0.393 e. The second-order valence-corrected chi connectivity index (χ2v) is 6.90. The second-order valence-electron chi connectivity index (χ2n) is 6.24. The summed E-state index contributed by atoms with van der Waals surface area (Å²) >= 11 is 4.45. The van der Waals surface area contributed by atoms with Crippen molar-refractivity contribution in [3.05, 3.63) is 23.8 Å². The van der Waals surface area contributed by atoms with Crippen molar-refractivity contribution >= 4 is 12.6 Å². The molecule has 2 heteroatoms. The van der Waals surface area contributed by atoms with Gasteiger partial charge in [0.2, 0.25) is 0 Å². The molecule has 0 saturated heterocycles. The second kappa shape index (κ2) is 6.99. The molecule has 1 nitrogen and oxygen atoms in total. The van der Waals surface area contributed by atoms with Crippen molar-refractivity contribution in [2.75, 3.05) is 0 Å². The molecule has 0 spiro atoms. The predicted octanol–water partition coefficient (Wildman–Crippen LogP) is 4.38. The summed E-state index contributed by atoms with van der Waals surface area (Å²) in [5, 5.41) is 10.8. The lowest BCUT2D eigenvalue weighted by Crippen LogP contribution is -2.17. The highest BCUT2D eigenvalue weighted by Crippen LogP contribution is 2.49. The predicted molar refractivity (Wildman–Crippen MR) is 85.5 cm³/mol. The van der Waals surface area contributed by atoms with Gasteiger partial charge in [-0.25, -0.2) is 0 Å². The van der Waals surface area contributed by atoms with Gasteiger partial charge in [-0.2, -0.15) is 12.6 Å². The molecule has 0 heterocycles. The van der Waals surface area contributed by atoms with Crippen LogP contribution in [0.5, 0.6) is 0 Å². The zero-order valence-corrected chi connectivity index (χ0v) is 13.2. The van der Waals surface area contributed by atoms with E-state index in [4.69, 9.17) is 0 Å². The van der Waals surface area contributed by atoms with Crippen LogP contribution in [0.1, 0.15) is 52.4 Å². The number of hydrogen-bond acceptors (Lipinski definition) is 2. The van der Waals surface area contributed by atoms with E-state index in [0.717, 1.165) is 12.8 Å².